The highest BCUT2D eigenvalue weighted by atomic mass is 16.6. The molecule has 0 radical (unpaired) electrons. The van der Waals surface area contributed by atoms with E-state index >= 15 is 0 Å². The van der Waals surface area contributed by atoms with Crippen molar-refractivity contribution < 1.29 is 14.3 Å². The van der Waals surface area contributed by atoms with Crippen LogP contribution >= 0.6 is 0 Å². The van der Waals surface area contributed by atoms with Crippen molar-refractivity contribution in [1.29, 1.82) is 0 Å². The van der Waals surface area contributed by atoms with Crippen LogP contribution in [-0.4, -0.2) is 101 Å². The number of nitrogens with zero attached hydrogens (tertiary/aromatic N) is 4. The minimum atomic E-state index is -0.545. The van der Waals surface area contributed by atoms with Gasteiger partial charge < -0.3 is 14.5 Å². The van der Waals surface area contributed by atoms with Gasteiger partial charge in [-0.2, -0.15) is 0 Å². The summed E-state index contributed by atoms with van der Waals surface area (Å²) in [7, 11) is 0. The predicted octanol–water partition coefficient (Wildman–Crippen LogP) is 2.01. The second-order valence-corrected chi connectivity index (χ2v) is 9.95. The Kier molecular flexibility index (Phi) is 6.25. The molecule has 0 bridgehead atoms. The first-order valence-electron chi connectivity index (χ1n) is 10.8. The van der Waals surface area contributed by atoms with E-state index in [1.165, 1.54) is 25.8 Å². The molecule has 0 N–H and O–H groups in total. The number of hydrogen-bond donors (Lipinski definition) is 0. The maximum atomic E-state index is 13.4. The number of fused-ring (bicyclic) bond motifs is 1. The summed E-state index contributed by atoms with van der Waals surface area (Å²) in [6.07, 6.45) is 3.51. The largest absolute Gasteiger partial charge is 0.444 e. The number of amides is 2. The highest BCUT2D eigenvalue weighted by Gasteiger charge is 2.42. The fraction of sp³-hybridized carbons (Fsp3) is 0.905. The van der Waals surface area contributed by atoms with E-state index in [0.717, 1.165) is 19.6 Å². The standard InChI is InChI=1S/C21H38N4O3/c1-20(2,3)28-19(27)23-12-14-25(15-13-23)21(4,5)18(26)24-11-10-22-9-7-6-8-17(22)16-24/h17H,6-16H2,1-5H3. The number of carbonyl (C=O) groups excluding carboxylic acids is 2. The molecule has 3 saturated heterocycles. The third-order valence-electron chi connectivity index (χ3n) is 6.37. The molecule has 3 aliphatic rings. The van der Waals surface area contributed by atoms with Crippen LogP contribution in [0.15, 0.2) is 0 Å². The van der Waals surface area contributed by atoms with Crippen LogP contribution < -0.4 is 0 Å². The molecule has 2 amide bonds. The number of hydrogen-bond acceptors (Lipinski definition) is 5. The fourth-order valence-corrected chi connectivity index (χ4v) is 4.64. The van der Waals surface area contributed by atoms with Crippen molar-refractivity contribution in [2.24, 2.45) is 0 Å². The maximum Gasteiger partial charge on any atom is 0.410 e. The van der Waals surface area contributed by atoms with E-state index in [-0.39, 0.29) is 12.0 Å². The Morgan fingerprint density at radius 1 is 0.821 bits per heavy atom. The van der Waals surface area contributed by atoms with Crippen LogP contribution in [0.1, 0.15) is 53.9 Å². The van der Waals surface area contributed by atoms with Gasteiger partial charge in [0.2, 0.25) is 5.91 Å². The smallest absolute Gasteiger partial charge is 0.410 e. The van der Waals surface area contributed by atoms with Crippen molar-refractivity contribution in [3.05, 3.63) is 0 Å². The molecule has 0 aromatic carbocycles. The normalized spacial score (nSPS) is 25.4. The third-order valence-corrected chi connectivity index (χ3v) is 6.37. The first kappa shape index (κ1) is 21.4. The summed E-state index contributed by atoms with van der Waals surface area (Å²) in [4.78, 5) is 34.3. The van der Waals surface area contributed by atoms with Crippen molar-refractivity contribution >= 4 is 12.0 Å². The Morgan fingerprint density at radius 3 is 2.11 bits per heavy atom. The van der Waals surface area contributed by atoms with Crippen LogP contribution in [-0.2, 0) is 9.53 Å². The lowest BCUT2D eigenvalue weighted by atomic mass is 9.95. The van der Waals surface area contributed by atoms with E-state index in [0.29, 0.717) is 32.2 Å². The van der Waals surface area contributed by atoms with Gasteiger partial charge in [-0.1, -0.05) is 6.42 Å². The SMILES string of the molecule is CC(C)(C)OC(=O)N1CCN(C(C)(C)C(=O)N2CCN3CCCCC3C2)CC1. The van der Waals surface area contributed by atoms with Gasteiger partial charge in [-0.15, -0.1) is 0 Å². The Balaban J connectivity index is 1.54. The van der Waals surface area contributed by atoms with E-state index in [1.54, 1.807) is 4.90 Å². The molecule has 3 rings (SSSR count). The fourth-order valence-electron chi connectivity index (χ4n) is 4.64. The molecular weight excluding hydrogens is 356 g/mol. The van der Waals surface area contributed by atoms with Crippen LogP contribution in [0.5, 0.6) is 0 Å². The average molecular weight is 395 g/mol. The summed E-state index contributed by atoms with van der Waals surface area (Å²) < 4.78 is 5.48. The zero-order valence-corrected chi connectivity index (χ0v) is 18.4. The second kappa shape index (κ2) is 8.19. The molecule has 7 heteroatoms. The van der Waals surface area contributed by atoms with Gasteiger partial charge in [0.15, 0.2) is 0 Å². The van der Waals surface area contributed by atoms with Gasteiger partial charge in [0.05, 0.1) is 5.54 Å². The Morgan fingerprint density at radius 2 is 1.46 bits per heavy atom. The van der Waals surface area contributed by atoms with Crippen molar-refractivity contribution in [3.63, 3.8) is 0 Å². The zero-order chi connectivity index (χ0) is 20.5. The Hall–Kier alpha value is -1.34. The molecule has 0 aliphatic carbocycles. The van der Waals surface area contributed by atoms with Crippen LogP contribution in [0, 0.1) is 0 Å². The maximum absolute atomic E-state index is 13.4. The summed E-state index contributed by atoms with van der Waals surface area (Å²) in [6, 6.07) is 0.534. The quantitative estimate of drug-likeness (QED) is 0.717. The van der Waals surface area contributed by atoms with Gasteiger partial charge >= 0.3 is 6.09 Å². The topological polar surface area (TPSA) is 56.3 Å². The van der Waals surface area contributed by atoms with Crippen LogP contribution in [0.3, 0.4) is 0 Å². The summed E-state index contributed by atoms with van der Waals surface area (Å²) in [5.41, 5.74) is -1.03. The molecule has 0 spiro atoms. The van der Waals surface area contributed by atoms with Gasteiger partial charge in [0.25, 0.3) is 0 Å². The average Bonchev–Trinajstić information content (AvgIpc) is 2.65. The van der Waals surface area contributed by atoms with E-state index in [4.69, 9.17) is 4.74 Å². The molecule has 0 aromatic rings. The Labute approximate surface area is 169 Å². The molecule has 1 unspecified atom stereocenters. The number of piperidine rings is 1. The zero-order valence-electron chi connectivity index (χ0n) is 18.4. The first-order chi connectivity index (χ1) is 13.1. The molecule has 28 heavy (non-hydrogen) atoms. The molecule has 0 aromatic heterocycles. The molecule has 3 aliphatic heterocycles. The van der Waals surface area contributed by atoms with Gasteiger partial charge in [-0.3, -0.25) is 14.6 Å². The lowest BCUT2D eigenvalue weighted by molar-refractivity contribution is -0.147. The van der Waals surface area contributed by atoms with Crippen LogP contribution in [0.4, 0.5) is 4.79 Å². The van der Waals surface area contributed by atoms with Gasteiger partial charge in [0.1, 0.15) is 5.60 Å². The molecule has 0 saturated carbocycles. The highest BCUT2D eigenvalue weighted by molar-refractivity contribution is 5.85. The molecule has 160 valence electrons. The lowest BCUT2D eigenvalue weighted by Gasteiger charge is -2.48. The number of carbonyl (C=O) groups is 2. The Bertz CT molecular complexity index is 579. The molecule has 7 nitrogen and oxygen atoms in total. The predicted molar refractivity (Wildman–Crippen MR) is 109 cm³/mol. The van der Waals surface area contributed by atoms with Crippen molar-refractivity contribution in [3.8, 4) is 0 Å². The number of piperazine rings is 2. The van der Waals surface area contributed by atoms with Gasteiger partial charge in [-0.25, -0.2) is 4.79 Å². The summed E-state index contributed by atoms with van der Waals surface area (Å²) >= 11 is 0. The van der Waals surface area contributed by atoms with E-state index in [9.17, 15) is 9.59 Å². The van der Waals surface area contributed by atoms with Crippen molar-refractivity contribution in [1.82, 2.24) is 19.6 Å². The van der Waals surface area contributed by atoms with Gasteiger partial charge in [0, 0.05) is 51.9 Å². The van der Waals surface area contributed by atoms with Crippen LogP contribution in [0.2, 0.25) is 0 Å². The monoisotopic (exact) mass is 394 g/mol. The van der Waals surface area contributed by atoms with E-state index < -0.39 is 11.1 Å². The van der Waals surface area contributed by atoms with Gasteiger partial charge in [-0.05, 0) is 54.0 Å². The van der Waals surface area contributed by atoms with E-state index in [1.807, 2.05) is 34.6 Å². The molecule has 1 atom stereocenters. The second-order valence-electron chi connectivity index (χ2n) is 9.95. The molecule has 3 heterocycles. The van der Waals surface area contributed by atoms with E-state index in [2.05, 4.69) is 14.7 Å². The number of ether oxygens (including phenoxy) is 1. The summed E-state index contributed by atoms with van der Waals surface area (Å²) in [5, 5.41) is 0. The first-order valence-corrected chi connectivity index (χ1v) is 10.8. The summed E-state index contributed by atoms with van der Waals surface area (Å²) in [5.74, 6) is 0.225. The minimum absolute atomic E-state index is 0.225. The number of rotatable bonds is 2. The third kappa shape index (κ3) is 4.79. The minimum Gasteiger partial charge on any atom is -0.444 e. The molecular formula is C21H38N4O3. The van der Waals surface area contributed by atoms with Crippen LogP contribution in [0.25, 0.3) is 0 Å². The molecule has 3 fully saturated rings. The highest BCUT2D eigenvalue weighted by Crippen LogP contribution is 2.26. The van der Waals surface area contributed by atoms with Crippen molar-refractivity contribution in [2.75, 3.05) is 52.4 Å². The van der Waals surface area contributed by atoms with Crippen molar-refractivity contribution in [2.45, 2.75) is 71.1 Å². The summed E-state index contributed by atoms with van der Waals surface area (Å²) in [6.45, 7) is 16.2. The lowest BCUT2D eigenvalue weighted by Crippen LogP contribution is -2.65.